The number of hydrazine groups is 1. The van der Waals surface area contributed by atoms with E-state index in [1.54, 1.807) is 0 Å². The number of nitrogens with one attached hydrogen (secondary N) is 1. The van der Waals surface area contributed by atoms with E-state index in [-0.39, 0.29) is 6.04 Å². The van der Waals surface area contributed by atoms with Gasteiger partial charge in [0.2, 0.25) is 0 Å². The highest BCUT2D eigenvalue weighted by Gasteiger charge is 2.18. The van der Waals surface area contributed by atoms with Crippen molar-refractivity contribution in [1.82, 2.24) is 25.0 Å². The van der Waals surface area contributed by atoms with Crippen molar-refractivity contribution >= 4 is 10.9 Å². The van der Waals surface area contributed by atoms with E-state index in [9.17, 15) is 0 Å². The zero-order valence-corrected chi connectivity index (χ0v) is 12.5. The fraction of sp³-hybridized carbons (Fsp3) is 0.333. The molecule has 6 heteroatoms. The van der Waals surface area contributed by atoms with E-state index in [0.29, 0.717) is 0 Å². The lowest BCUT2D eigenvalue weighted by atomic mass is 10.1. The van der Waals surface area contributed by atoms with Gasteiger partial charge in [-0.25, -0.2) is 0 Å². The van der Waals surface area contributed by atoms with Gasteiger partial charge in [-0.1, -0.05) is 18.2 Å². The van der Waals surface area contributed by atoms with Crippen LogP contribution < -0.4 is 11.3 Å². The maximum Gasteiger partial charge on any atom is 0.0723 e. The van der Waals surface area contributed by atoms with E-state index in [1.165, 1.54) is 5.39 Å². The first-order valence-corrected chi connectivity index (χ1v) is 6.97. The van der Waals surface area contributed by atoms with Crippen LogP contribution in [0.2, 0.25) is 0 Å². The first kappa shape index (κ1) is 13.8. The summed E-state index contributed by atoms with van der Waals surface area (Å²) in [7, 11) is 3.90. The van der Waals surface area contributed by atoms with Crippen LogP contribution in [0.4, 0.5) is 0 Å². The van der Waals surface area contributed by atoms with Gasteiger partial charge in [0, 0.05) is 25.9 Å². The van der Waals surface area contributed by atoms with Crippen molar-refractivity contribution in [2.45, 2.75) is 19.4 Å². The zero-order valence-electron chi connectivity index (χ0n) is 12.5. The first-order chi connectivity index (χ1) is 10.1. The minimum atomic E-state index is -0.0190. The Morgan fingerprint density at radius 1 is 1.19 bits per heavy atom. The quantitative estimate of drug-likeness (QED) is 0.560. The number of benzene rings is 1. The molecule has 0 radical (unpaired) electrons. The van der Waals surface area contributed by atoms with Crippen LogP contribution in [0.25, 0.3) is 10.9 Å². The van der Waals surface area contributed by atoms with Crippen LogP contribution in [-0.4, -0.2) is 19.6 Å². The summed E-state index contributed by atoms with van der Waals surface area (Å²) in [4.78, 5) is 0. The van der Waals surface area contributed by atoms with Gasteiger partial charge in [0.15, 0.2) is 0 Å². The van der Waals surface area contributed by atoms with Gasteiger partial charge >= 0.3 is 0 Å². The van der Waals surface area contributed by atoms with Crippen molar-refractivity contribution in [2.75, 3.05) is 0 Å². The molecule has 0 saturated heterocycles. The molecule has 1 atom stereocenters. The normalized spacial score (nSPS) is 13.0. The van der Waals surface area contributed by atoms with Crippen molar-refractivity contribution in [1.29, 1.82) is 0 Å². The molecular weight excluding hydrogens is 264 g/mol. The van der Waals surface area contributed by atoms with E-state index in [2.05, 4.69) is 33.8 Å². The summed E-state index contributed by atoms with van der Waals surface area (Å²) in [6.07, 6.45) is 0.719. The van der Waals surface area contributed by atoms with Crippen LogP contribution in [0, 0.1) is 6.92 Å². The number of rotatable bonds is 4. The van der Waals surface area contributed by atoms with Gasteiger partial charge in [0.1, 0.15) is 0 Å². The number of nitrogens with two attached hydrogens (primary N) is 1. The highest BCUT2D eigenvalue weighted by Crippen LogP contribution is 2.23. The van der Waals surface area contributed by atoms with E-state index in [4.69, 9.17) is 5.84 Å². The first-order valence-electron chi connectivity index (χ1n) is 6.97. The standard InChI is InChI=1S/C15H20N6/c1-10-8-15(21(3)18-10)13(17-16)9-12-11-6-4-5-7-14(11)20(2)19-12/h4-8,13,17H,9,16H2,1-3H3. The molecule has 21 heavy (non-hydrogen) atoms. The average Bonchev–Trinajstić information content (AvgIpc) is 2.97. The lowest BCUT2D eigenvalue weighted by molar-refractivity contribution is 0.502. The lowest BCUT2D eigenvalue weighted by Gasteiger charge is -2.15. The molecule has 6 nitrogen and oxygen atoms in total. The Morgan fingerprint density at radius 3 is 2.62 bits per heavy atom. The molecule has 0 aliphatic heterocycles. The highest BCUT2D eigenvalue weighted by molar-refractivity contribution is 5.81. The van der Waals surface area contributed by atoms with Crippen LogP contribution in [0.5, 0.6) is 0 Å². The Hall–Kier alpha value is -2.18. The SMILES string of the molecule is Cc1cc(C(Cc2nn(C)c3ccccc23)NN)n(C)n1. The van der Waals surface area contributed by atoms with Crippen molar-refractivity contribution in [2.24, 2.45) is 19.9 Å². The van der Waals surface area contributed by atoms with Crippen molar-refractivity contribution in [3.05, 3.63) is 47.4 Å². The van der Waals surface area contributed by atoms with Crippen LogP contribution in [0.1, 0.15) is 23.1 Å². The third-order valence-corrected chi connectivity index (χ3v) is 3.83. The summed E-state index contributed by atoms with van der Waals surface area (Å²) in [5, 5.41) is 10.2. The predicted molar refractivity (Wildman–Crippen MR) is 82.4 cm³/mol. The summed E-state index contributed by atoms with van der Waals surface area (Å²) in [6, 6.07) is 10.3. The second-order valence-electron chi connectivity index (χ2n) is 5.35. The predicted octanol–water partition coefficient (Wildman–Crippen LogP) is 1.36. The van der Waals surface area contributed by atoms with Crippen molar-refractivity contribution in [3.8, 4) is 0 Å². The summed E-state index contributed by atoms with van der Waals surface area (Å²) in [5.41, 5.74) is 7.10. The zero-order chi connectivity index (χ0) is 15.0. The number of aromatic nitrogens is 4. The maximum absolute atomic E-state index is 5.76. The topological polar surface area (TPSA) is 73.7 Å². The monoisotopic (exact) mass is 284 g/mol. The van der Waals surface area contributed by atoms with Gasteiger partial charge in [-0.05, 0) is 19.1 Å². The fourth-order valence-electron chi connectivity index (χ4n) is 2.84. The molecule has 0 spiro atoms. The highest BCUT2D eigenvalue weighted by atomic mass is 15.3. The Labute approximate surface area is 123 Å². The van der Waals surface area contributed by atoms with Crippen LogP contribution in [0.15, 0.2) is 30.3 Å². The third-order valence-electron chi connectivity index (χ3n) is 3.83. The summed E-state index contributed by atoms with van der Waals surface area (Å²) in [5.74, 6) is 5.76. The molecule has 0 aliphatic rings. The molecule has 1 aromatic carbocycles. The van der Waals surface area contributed by atoms with Gasteiger partial charge in [0.25, 0.3) is 0 Å². The fourth-order valence-corrected chi connectivity index (χ4v) is 2.84. The Balaban J connectivity index is 1.98. The molecule has 2 aromatic heterocycles. The molecule has 0 bridgehead atoms. The molecule has 3 aromatic rings. The number of hydrogen-bond acceptors (Lipinski definition) is 4. The smallest absolute Gasteiger partial charge is 0.0723 e. The number of fused-ring (bicyclic) bond motifs is 1. The van der Waals surface area contributed by atoms with Gasteiger partial charge in [0.05, 0.1) is 28.6 Å². The van der Waals surface area contributed by atoms with E-state index in [1.807, 2.05) is 42.5 Å². The second-order valence-corrected chi connectivity index (χ2v) is 5.35. The Kier molecular flexibility index (Phi) is 3.48. The maximum atomic E-state index is 5.76. The third kappa shape index (κ3) is 2.43. The average molecular weight is 284 g/mol. The van der Waals surface area contributed by atoms with Gasteiger partial charge in [-0.3, -0.25) is 20.6 Å². The van der Waals surface area contributed by atoms with Crippen LogP contribution in [-0.2, 0) is 20.5 Å². The summed E-state index contributed by atoms with van der Waals surface area (Å²) >= 11 is 0. The summed E-state index contributed by atoms with van der Waals surface area (Å²) in [6.45, 7) is 1.98. The minimum absolute atomic E-state index is 0.0190. The Bertz CT molecular complexity index is 770. The minimum Gasteiger partial charge on any atom is -0.271 e. The molecular formula is C15H20N6. The molecule has 110 valence electrons. The molecule has 0 amide bonds. The lowest BCUT2D eigenvalue weighted by Crippen LogP contribution is -2.31. The van der Waals surface area contributed by atoms with Crippen LogP contribution in [0.3, 0.4) is 0 Å². The summed E-state index contributed by atoms with van der Waals surface area (Å²) < 4.78 is 3.78. The number of aryl methyl sites for hydroxylation is 3. The Morgan fingerprint density at radius 2 is 1.95 bits per heavy atom. The number of nitrogens with zero attached hydrogens (tertiary/aromatic N) is 4. The van der Waals surface area contributed by atoms with Crippen LogP contribution >= 0.6 is 0 Å². The molecule has 3 N–H and O–H groups in total. The van der Waals surface area contributed by atoms with E-state index in [0.717, 1.165) is 29.0 Å². The van der Waals surface area contributed by atoms with Crippen molar-refractivity contribution in [3.63, 3.8) is 0 Å². The van der Waals surface area contributed by atoms with Gasteiger partial charge in [-0.15, -0.1) is 0 Å². The van der Waals surface area contributed by atoms with Crippen molar-refractivity contribution < 1.29 is 0 Å². The number of para-hydroxylation sites is 1. The molecule has 1 unspecified atom stereocenters. The molecule has 3 rings (SSSR count). The molecule has 0 fully saturated rings. The largest absolute Gasteiger partial charge is 0.271 e. The molecule has 0 saturated carbocycles. The van der Waals surface area contributed by atoms with Gasteiger partial charge in [-0.2, -0.15) is 10.2 Å². The van der Waals surface area contributed by atoms with E-state index >= 15 is 0 Å². The van der Waals surface area contributed by atoms with E-state index < -0.39 is 0 Å². The molecule has 2 heterocycles. The molecule has 0 aliphatic carbocycles. The van der Waals surface area contributed by atoms with Gasteiger partial charge < -0.3 is 0 Å². The second kappa shape index (κ2) is 5.31. The number of hydrogen-bond donors (Lipinski definition) is 2.